The third-order valence-corrected chi connectivity index (χ3v) is 9.68. The highest BCUT2D eigenvalue weighted by atomic mass is 16.4. The molecule has 0 rings (SSSR count). The lowest BCUT2D eigenvalue weighted by Crippen LogP contribution is -2.62. The number of aliphatic imine (C=N–C) groups is 1. The number of nitrogens with zero attached hydrogens (tertiary/aromatic N) is 1. The normalized spacial score (nSPS) is 15.2. The highest BCUT2D eigenvalue weighted by molar-refractivity contribution is 5.98. The number of carboxylic acids is 3. The van der Waals surface area contributed by atoms with Gasteiger partial charge in [-0.05, 0) is 65.3 Å². The fraction of sp³-hybridized carbons (Fsp3) is 0.684. The first kappa shape index (κ1) is 62.2. The predicted octanol–water partition coefficient (Wildman–Crippen LogP) is -9.43. The first-order chi connectivity index (χ1) is 32.3. The first-order valence-electron chi connectivity index (χ1n) is 21.4. The van der Waals surface area contributed by atoms with Gasteiger partial charge in [0.1, 0.15) is 54.4 Å². The fourth-order valence-electron chi connectivity index (χ4n) is 5.76. The average molecular weight is 994 g/mol. The predicted molar refractivity (Wildman–Crippen MR) is 236 cm³/mol. The molecule has 0 fully saturated rings. The molecule has 0 aliphatic heterocycles. The molecule has 0 radical (unpaired) electrons. The second kappa shape index (κ2) is 32.8. The number of aliphatic hydroxyl groups is 4. The molecular weight excluding hydrogens is 926 g/mol. The van der Waals surface area contributed by atoms with Crippen LogP contribution in [-0.4, -0.2) is 200 Å². The maximum atomic E-state index is 13.6. The summed E-state index contributed by atoms with van der Waals surface area (Å²) in [6.45, 7) is -0.689. The number of rotatable bonds is 35. The van der Waals surface area contributed by atoms with Crippen LogP contribution in [0.25, 0.3) is 0 Å². The summed E-state index contributed by atoms with van der Waals surface area (Å²) in [6.07, 6.45) is -4.13. The van der Waals surface area contributed by atoms with Gasteiger partial charge in [0, 0.05) is 19.4 Å². The van der Waals surface area contributed by atoms with Crippen molar-refractivity contribution in [2.24, 2.45) is 27.9 Å². The van der Waals surface area contributed by atoms with Gasteiger partial charge in [-0.3, -0.25) is 52.9 Å². The van der Waals surface area contributed by atoms with E-state index in [1.165, 1.54) is 6.92 Å². The number of hydrogen-bond acceptors (Lipinski definition) is 18. The van der Waals surface area contributed by atoms with E-state index in [0.29, 0.717) is 6.42 Å². The third kappa shape index (κ3) is 24.7. The van der Waals surface area contributed by atoms with Gasteiger partial charge in [-0.25, -0.2) is 4.79 Å². The number of carbonyl (C=O) groups is 11. The van der Waals surface area contributed by atoms with Gasteiger partial charge in [-0.1, -0.05) is 0 Å². The minimum Gasteiger partial charge on any atom is -0.481 e. The highest BCUT2D eigenvalue weighted by Gasteiger charge is 2.36. The largest absolute Gasteiger partial charge is 0.481 e. The summed E-state index contributed by atoms with van der Waals surface area (Å²) >= 11 is 0. The Morgan fingerprint density at radius 3 is 1.30 bits per heavy atom. The van der Waals surface area contributed by atoms with E-state index in [-0.39, 0.29) is 44.7 Å². The van der Waals surface area contributed by atoms with Gasteiger partial charge in [-0.15, -0.1) is 0 Å². The second-order valence-electron chi connectivity index (χ2n) is 15.4. The second-order valence-corrected chi connectivity index (χ2v) is 15.4. The minimum absolute atomic E-state index is 0.0359. The van der Waals surface area contributed by atoms with Crippen LogP contribution in [0.1, 0.15) is 71.6 Å². The SMILES string of the molecule is C[C@H](NC(=O)[C@@H](N)CO)C(=O)N[C@@H](CO)C(=O)N[C@@H](CCC(=O)O)C(=O)N[C@H](C(=O)N[C@@H](CO)C(=O)N[C@@H](CCC(=O)O)C(=O)N[C@@H](CCCCN)C(=O)N[C@@H](CCCN=C(N)N)C(=O)O)[C@@H](C)O. The lowest BCUT2D eigenvalue weighted by atomic mass is 10.0. The standard InChI is InChI=1S/C38H67N13O18/c1-17(44-30(61)19(40)14-52)29(60)49-24(15-53)34(65)47-22(9-11-27(58)59)33(64)51-28(18(2)55)36(67)50-25(16-54)35(66)46-21(8-10-26(56)57)32(63)45-20(6-3-4-12-39)31(62)48-23(37(68)69)7-5-13-43-38(41)42/h17-25,28,52-55H,3-16,39-40H2,1-2H3,(H,44,61)(H,45,63)(H,46,66)(H,47,65)(H,48,62)(H,49,60)(H,50,67)(H,51,64)(H,56,57)(H,58,59)(H,68,69)(H4,41,42,43)/t17-,18+,19-,20-,21-,22-,23-,24-,25-,28-/m0/s1. The van der Waals surface area contributed by atoms with Crippen molar-refractivity contribution in [2.75, 3.05) is 32.9 Å². The van der Waals surface area contributed by atoms with Crippen molar-refractivity contribution in [3.8, 4) is 0 Å². The van der Waals surface area contributed by atoms with Crippen LogP contribution in [-0.2, 0) is 52.7 Å². The summed E-state index contributed by atoms with van der Waals surface area (Å²) in [7, 11) is 0. The minimum atomic E-state index is -2.02. The van der Waals surface area contributed by atoms with E-state index in [1.807, 2.05) is 5.32 Å². The Balaban J connectivity index is 6.29. The van der Waals surface area contributed by atoms with Crippen LogP contribution in [0.3, 0.4) is 0 Å². The molecule has 0 saturated carbocycles. The van der Waals surface area contributed by atoms with E-state index in [0.717, 1.165) is 6.92 Å². The van der Waals surface area contributed by atoms with Gasteiger partial charge in [0.05, 0.1) is 25.9 Å². The lowest BCUT2D eigenvalue weighted by Gasteiger charge is -2.28. The first-order valence-corrected chi connectivity index (χ1v) is 21.4. The molecule has 0 bridgehead atoms. The van der Waals surface area contributed by atoms with Crippen LogP contribution in [0.15, 0.2) is 4.99 Å². The average Bonchev–Trinajstić information content (AvgIpc) is 3.28. The summed E-state index contributed by atoms with van der Waals surface area (Å²) in [5.41, 5.74) is 21.5. The third-order valence-electron chi connectivity index (χ3n) is 9.68. The zero-order valence-corrected chi connectivity index (χ0v) is 38.1. The maximum Gasteiger partial charge on any atom is 0.326 e. The summed E-state index contributed by atoms with van der Waals surface area (Å²) in [6, 6.07) is -15.1. The van der Waals surface area contributed by atoms with E-state index < -0.39 is 171 Å². The summed E-state index contributed by atoms with van der Waals surface area (Å²) in [5.74, 6) is -13.9. The number of carboxylic acid groups (broad SMARTS) is 3. The van der Waals surface area contributed by atoms with Crippen LogP contribution in [0.4, 0.5) is 0 Å². The molecule has 8 amide bonds. The molecule has 0 unspecified atom stereocenters. The Kier molecular flexibility index (Phi) is 29.6. The zero-order chi connectivity index (χ0) is 53.0. The Bertz CT molecular complexity index is 1800. The maximum absolute atomic E-state index is 13.6. The van der Waals surface area contributed by atoms with Crippen molar-refractivity contribution in [1.29, 1.82) is 0 Å². The van der Waals surface area contributed by atoms with E-state index in [1.54, 1.807) is 0 Å². The van der Waals surface area contributed by atoms with Gasteiger partial charge in [-0.2, -0.15) is 0 Å². The number of unbranched alkanes of at least 4 members (excludes halogenated alkanes) is 1. The van der Waals surface area contributed by atoms with Crippen molar-refractivity contribution in [2.45, 2.75) is 132 Å². The van der Waals surface area contributed by atoms with E-state index in [4.69, 9.17) is 28.0 Å². The Hall–Kier alpha value is -6.80. The quantitative estimate of drug-likeness (QED) is 0.0159. The van der Waals surface area contributed by atoms with Gasteiger partial charge in [0.25, 0.3) is 0 Å². The highest BCUT2D eigenvalue weighted by Crippen LogP contribution is 2.08. The number of guanidine groups is 1. The number of amides is 8. The van der Waals surface area contributed by atoms with Crippen LogP contribution >= 0.6 is 0 Å². The molecule has 0 aromatic heterocycles. The number of nitrogens with one attached hydrogen (secondary N) is 8. The van der Waals surface area contributed by atoms with E-state index in [2.05, 4.69) is 42.2 Å². The van der Waals surface area contributed by atoms with E-state index >= 15 is 0 Å². The molecule has 23 N–H and O–H groups in total. The molecule has 0 aromatic carbocycles. The molecule has 0 aliphatic rings. The topological polar surface area (TPSA) is 542 Å². The molecular formula is C38H67N13O18. The van der Waals surface area contributed by atoms with Gasteiger partial charge < -0.3 is 101 Å². The molecule has 31 heteroatoms. The molecule has 0 aromatic rings. The monoisotopic (exact) mass is 993 g/mol. The van der Waals surface area contributed by atoms with Crippen LogP contribution < -0.4 is 65.5 Å². The molecule has 31 nitrogen and oxygen atoms in total. The number of hydrogen-bond donors (Lipinski definition) is 19. The molecule has 69 heavy (non-hydrogen) atoms. The van der Waals surface area contributed by atoms with Crippen LogP contribution in [0.2, 0.25) is 0 Å². The van der Waals surface area contributed by atoms with Crippen molar-refractivity contribution in [1.82, 2.24) is 42.5 Å². The fourth-order valence-corrected chi connectivity index (χ4v) is 5.76. The summed E-state index contributed by atoms with van der Waals surface area (Å²) in [4.78, 5) is 144. The summed E-state index contributed by atoms with van der Waals surface area (Å²) in [5, 5.41) is 85.1. The number of nitrogens with two attached hydrogens (primary N) is 4. The number of aliphatic hydroxyl groups excluding tert-OH is 4. The zero-order valence-electron chi connectivity index (χ0n) is 38.1. The molecule has 10 atom stereocenters. The molecule has 392 valence electrons. The lowest BCUT2D eigenvalue weighted by molar-refractivity contribution is -0.142. The van der Waals surface area contributed by atoms with Crippen LogP contribution in [0, 0.1) is 0 Å². The van der Waals surface area contributed by atoms with Gasteiger partial charge in [0.2, 0.25) is 47.3 Å². The number of carbonyl (C=O) groups excluding carboxylic acids is 8. The molecule has 0 saturated heterocycles. The van der Waals surface area contributed by atoms with Crippen molar-refractivity contribution < 1.29 is 88.5 Å². The summed E-state index contributed by atoms with van der Waals surface area (Å²) < 4.78 is 0. The smallest absolute Gasteiger partial charge is 0.326 e. The Morgan fingerprint density at radius 2 is 0.899 bits per heavy atom. The molecule has 0 heterocycles. The molecule has 0 aliphatic carbocycles. The van der Waals surface area contributed by atoms with E-state index in [9.17, 15) is 83.4 Å². The van der Waals surface area contributed by atoms with Gasteiger partial charge >= 0.3 is 17.9 Å². The van der Waals surface area contributed by atoms with Crippen LogP contribution in [0.5, 0.6) is 0 Å². The van der Waals surface area contributed by atoms with Crippen molar-refractivity contribution in [3.05, 3.63) is 0 Å². The Morgan fingerprint density at radius 1 is 0.493 bits per heavy atom. The van der Waals surface area contributed by atoms with Crippen molar-refractivity contribution in [3.63, 3.8) is 0 Å². The van der Waals surface area contributed by atoms with Crippen molar-refractivity contribution >= 4 is 71.1 Å². The molecule has 0 spiro atoms. The Labute approximate surface area is 394 Å². The van der Waals surface area contributed by atoms with Gasteiger partial charge in [0.15, 0.2) is 5.96 Å². The number of aliphatic carboxylic acids is 3.